The highest BCUT2D eigenvalue weighted by atomic mass is 32.2. The third kappa shape index (κ3) is 0.432. The molecule has 2 aliphatic rings. The Morgan fingerprint density at radius 1 is 1.62 bits per heavy atom. The van der Waals surface area contributed by atoms with Crippen LogP contribution in [0.4, 0.5) is 0 Å². The van der Waals surface area contributed by atoms with Crippen molar-refractivity contribution in [2.75, 3.05) is 5.75 Å². The molecule has 0 N–H and O–H groups in total. The molecule has 0 aromatic heterocycles. The molecular formula is C4H3N3S. The molecule has 0 saturated heterocycles. The molecule has 0 saturated carbocycles. The minimum absolute atomic E-state index is 0.954. The zero-order valence-corrected chi connectivity index (χ0v) is 4.85. The summed E-state index contributed by atoms with van der Waals surface area (Å²) in [5, 5.41) is 12.0. The highest BCUT2D eigenvalue weighted by Crippen LogP contribution is 2.25. The Hall–Kier alpha value is -0.640. The minimum Gasteiger partial charge on any atom is -0.128 e. The molecule has 2 aliphatic heterocycles. The second-order valence-electron chi connectivity index (χ2n) is 1.49. The summed E-state index contributed by atoms with van der Waals surface area (Å²) in [6.07, 6.45) is 2.03. The van der Waals surface area contributed by atoms with Crippen molar-refractivity contribution in [2.24, 2.45) is 15.4 Å². The van der Waals surface area contributed by atoms with E-state index in [-0.39, 0.29) is 0 Å². The lowest BCUT2D eigenvalue weighted by Gasteiger charge is -1.80. The summed E-state index contributed by atoms with van der Waals surface area (Å²) in [4.78, 5) is 0. The van der Waals surface area contributed by atoms with Gasteiger partial charge < -0.3 is 0 Å². The highest BCUT2D eigenvalue weighted by molar-refractivity contribution is 8.15. The lowest BCUT2D eigenvalue weighted by molar-refractivity contribution is 1.09. The van der Waals surface area contributed by atoms with Crippen LogP contribution in [0.5, 0.6) is 0 Å². The van der Waals surface area contributed by atoms with Crippen LogP contribution >= 0.6 is 11.8 Å². The van der Waals surface area contributed by atoms with Gasteiger partial charge in [-0.05, 0) is 11.3 Å². The molecule has 3 nitrogen and oxygen atoms in total. The van der Waals surface area contributed by atoms with Crippen LogP contribution in [0.3, 0.4) is 0 Å². The van der Waals surface area contributed by atoms with Gasteiger partial charge in [-0.3, -0.25) is 0 Å². The normalized spacial score (nSPS) is 23.0. The average molecular weight is 125 g/mol. The molecule has 0 aromatic carbocycles. The van der Waals surface area contributed by atoms with Crippen LogP contribution in [0, 0.1) is 0 Å². The lowest BCUT2D eigenvalue weighted by atomic mass is 10.5. The highest BCUT2D eigenvalue weighted by Gasteiger charge is 2.16. The van der Waals surface area contributed by atoms with Crippen LogP contribution < -0.4 is 0 Å². The molecule has 0 spiro atoms. The van der Waals surface area contributed by atoms with E-state index in [9.17, 15) is 0 Å². The zero-order valence-electron chi connectivity index (χ0n) is 4.03. The molecule has 0 aliphatic carbocycles. The van der Waals surface area contributed by atoms with Gasteiger partial charge in [-0.15, -0.1) is 10.2 Å². The fourth-order valence-corrected chi connectivity index (χ4v) is 1.40. The van der Waals surface area contributed by atoms with Crippen LogP contribution in [0.25, 0.3) is 0 Å². The molecule has 0 fully saturated rings. The second kappa shape index (κ2) is 1.42. The second-order valence-corrected chi connectivity index (χ2v) is 2.50. The number of rotatable bonds is 0. The first-order chi connectivity index (χ1) is 3.97. The maximum absolute atomic E-state index is 3.77. The van der Waals surface area contributed by atoms with Crippen molar-refractivity contribution in [3.8, 4) is 0 Å². The summed E-state index contributed by atoms with van der Waals surface area (Å²) in [6.45, 7) is 0. The van der Waals surface area contributed by atoms with E-state index in [4.69, 9.17) is 0 Å². The molecule has 40 valence electrons. The molecule has 8 heavy (non-hydrogen) atoms. The zero-order chi connectivity index (χ0) is 5.40. The van der Waals surface area contributed by atoms with E-state index in [1.165, 1.54) is 0 Å². The number of nitrogens with zero attached hydrogens (tertiary/aromatic N) is 3. The first kappa shape index (κ1) is 4.26. The van der Waals surface area contributed by atoms with E-state index in [1.54, 1.807) is 11.8 Å². The molecule has 2 heterocycles. The third-order valence-corrected chi connectivity index (χ3v) is 1.90. The smallest absolute Gasteiger partial charge is 0.128 e. The SMILES string of the molecule is C1=C2N=NN=C2SC1. The Morgan fingerprint density at radius 2 is 2.62 bits per heavy atom. The van der Waals surface area contributed by atoms with Gasteiger partial charge in [0.2, 0.25) is 0 Å². The van der Waals surface area contributed by atoms with Gasteiger partial charge in [0, 0.05) is 5.75 Å². The molecule has 0 atom stereocenters. The van der Waals surface area contributed by atoms with Crippen LogP contribution in [0.15, 0.2) is 27.2 Å². The summed E-state index contributed by atoms with van der Waals surface area (Å²) >= 11 is 1.68. The van der Waals surface area contributed by atoms with Crippen molar-refractivity contribution in [1.29, 1.82) is 0 Å². The Balaban J connectivity index is 2.49. The van der Waals surface area contributed by atoms with Crippen molar-refractivity contribution in [1.82, 2.24) is 0 Å². The van der Waals surface area contributed by atoms with E-state index in [1.807, 2.05) is 6.08 Å². The van der Waals surface area contributed by atoms with Crippen LogP contribution in [0.1, 0.15) is 0 Å². The van der Waals surface area contributed by atoms with Gasteiger partial charge in [-0.1, -0.05) is 11.8 Å². The molecule has 2 rings (SSSR count). The summed E-state index contributed by atoms with van der Waals surface area (Å²) in [7, 11) is 0. The number of fused-ring (bicyclic) bond motifs is 1. The van der Waals surface area contributed by atoms with Crippen molar-refractivity contribution < 1.29 is 0 Å². The van der Waals surface area contributed by atoms with E-state index in [0.29, 0.717) is 0 Å². The predicted molar refractivity (Wildman–Crippen MR) is 32.8 cm³/mol. The van der Waals surface area contributed by atoms with Crippen LogP contribution in [-0.4, -0.2) is 10.8 Å². The Kier molecular flexibility index (Phi) is 0.754. The fraction of sp³-hybridized carbons (Fsp3) is 0.250. The molecule has 0 unspecified atom stereocenters. The lowest BCUT2D eigenvalue weighted by Crippen LogP contribution is -1.80. The van der Waals surface area contributed by atoms with Crippen molar-refractivity contribution in [3.63, 3.8) is 0 Å². The first-order valence-corrected chi connectivity index (χ1v) is 3.27. The van der Waals surface area contributed by atoms with Crippen molar-refractivity contribution in [2.45, 2.75) is 0 Å². The summed E-state index contributed by atoms with van der Waals surface area (Å²) in [6, 6.07) is 0. The van der Waals surface area contributed by atoms with Crippen molar-refractivity contribution in [3.05, 3.63) is 11.8 Å². The van der Waals surface area contributed by atoms with Gasteiger partial charge in [0.05, 0.1) is 0 Å². The third-order valence-electron chi connectivity index (χ3n) is 1.00. The minimum atomic E-state index is 0.954. The van der Waals surface area contributed by atoms with Crippen LogP contribution in [0.2, 0.25) is 0 Å². The molecule has 0 aromatic rings. The molecular weight excluding hydrogens is 122 g/mol. The van der Waals surface area contributed by atoms with Gasteiger partial charge in [-0.2, -0.15) is 0 Å². The Morgan fingerprint density at radius 3 is 3.50 bits per heavy atom. The number of hydrogen-bond donors (Lipinski definition) is 0. The molecule has 0 radical (unpaired) electrons. The van der Waals surface area contributed by atoms with E-state index < -0.39 is 0 Å². The fourth-order valence-electron chi connectivity index (χ4n) is 0.636. The number of hydrogen-bond acceptors (Lipinski definition) is 4. The predicted octanol–water partition coefficient (Wildman–Crippen LogP) is 1.40. The number of thioether (sulfide) groups is 1. The molecule has 0 amide bonds. The van der Waals surface area contributed by atoms with Crippen molar-refractivity contribution >= 4 is 16.8 Å². The monoisotopic (exact) mass is 125 g/mol. The van der Waals surface area contributed by atoms with Gasteiger partial charge in [0.25, 0.3) is 0 Å². The Bertz CT molecular complexity index is 203. The van der Waals surface area contributed by atoms with E-state index in [2.05, 4.69) is 15.4 Å². The van der Waals surface area contributed by atoms with Gasteiger partial charge >= 0.3 is 0 Å². The quantitative estimate of drug-likeness (QED) is 0.482. The standard InChI is InChI=1S/C4H3N3S/c1-2-8-4-3(1)5-7-6-4/h1H,2H2. The van der Waals surface area contributed by atoms with E-state index >= 15 is 0 Å². The van der Waals surface area contributed by atoms with Gasteiger partial charge in [0.1, 0.15) is 10.7 Å². The first-order valence-electron chi connectivity index (χ1n) is 2.29. The summed E-state index contributed by atoms with van der Waals surface area (Å²) in [5.74, 6) is 1.01. The largest absolute Gasteiger partial charge is 0.148 e. The Labute approximate surface area is 50.6 Å². The van der Waals surface area contributed by atoms with Crippen LogP contribution in [-0.2, 0) is 0 Å². The van der Waals surface area contributed by atoms with Gasteiger partial charge in [0.15, 0.2) is 0 Å². The van der Waals surface area contributed by atoms with Gasteiger partial charge in [-0.25, -0.2) is 0 Å². The van der Waals surface area contributed by atoms with E-state index in [0.717, 1.165) is 16.5 Å². The molecule has 4 heteroatoms. The summed E-state index contributed by atoms with van der Waals surface area (Å²) in [5.41, 5.74) is 0.954. The topological polar surface area (TPSA) is 37.1 Å². The maximum atomic E-state index is 3.77. The summed E-state index contributed by atoms with van der Waals surface area (Å²) < 4.78 is 0. The maximum Gasteiger partial charge on any atom is 0.148 e. The average Bonchev–Trinajstić information content (AvgIpc) is 2.15. The molecule has 0 bridgehead atoms.